The van der Waals surface area contributed by atoms with Crippen molar-refractivity contribution in [2.45, 2.75) is 59.7 Å². The van der Waals surface area contributed by atoms with Crippen LogP contribution in [0.4, 0.5) is 0 Å². The van der Waals surface area contributed by atoms with Gasteiger partial charge in [0.2, 0.25) is 0 Å². The van der Waals surface area contributed by atoms with Crippen molar-refractivity contribution >= 4 is 21.4 Å². The van der Waals surface area contributed by atoms with Gasteiger partial charge in [-0.05, 0) is 0 Å². The average Bonchev–Trinajstić information content (AvgIpc) is 1.95. The van der Waals surface area contributed by atoms with Gasteiger partial charge < -0.3 is 0 Å². The monoisotopic (exact) mass is 287 g/mol. The van der Waals surface area contributed by atoms with Gasteiger partial charge in [-0.3, -0.25) is 0 Å². The van der Waals surface area contributed by atoms with Crippen molar-refractivity contribution < 1.29 is 0 Å². The Balaban J connectivity index is 3.70. The van der Waals surface area contributed by atoms with Gasteiger partial charge in [0.05, 0.1) is 0 Å². The summed E-state index contributed by atoms with van der Waals surface area (Å²) in [4.78, 5) is 2.61. The van der Waals surface area contributed by atoms with Crippen LogP contribution in [0.1, 0.15) is 34.1 Å². The van der Waals surface area contributed by atoms with E-state index in [1.54, 1.807) is 4.18 Å². The van der Waals surface area contributed by atoms with Gasteiger partial charge in [0.1, 0.15) is 0 Å². The molecule has 0 rings (SSSR count). The van der Waals surface area contributed by atoms with E-state index in [9.17, 15) is 0 Å². The van der Waals surface area contributed by atoms with Crippen LogP contribution in [0.2, 0.25) is 13.5 Å². The fraction of sp³-hybridized carbons (Fsp3) is 1.00. The van der Waals surface area contributed by atoms with Gasteiger partial charge in [-0.1, -0.05) is 0 Å². The molecular formula is C11H26InN. The third-order valence-electron chi connectivity index (χ3n) is 2.52. The molecule has 13 heavy (non-hydrogen) atoms. The molecule has 0 saturated carbocycles. The van der Waals surface area contributed by atoms with Gasteiger partial charge in [0, 0.05) is 0 Å². The fourth-order valence-corrected chi connectivity index (χ4v) is 4.65. The van der Waals surface area contributed by atoms with Gasteiger partial charge in [-0.2, -0.15) is 0 Å². The normalized spacial score (nSPS) is 11.8. The van der Waals surface area contributed by atoms with Crippen molar-refractivity contribution in [2.24, 2.45) is 0 Å². The van der Waals surface area contributed by atoms with Gasteiger partial charge in [0.25, 0.3) is 0 Å². The molecule has 0 spiro atoms. The SMILES string of the molecule is CC(C)N(CC[CH2][In]([CH3])[CH3])C(C)C. The summed E-state index contributed by atoms with van der Waals surface area (Å²) in [5.74, 6) is 0. The van der Waals surface area contributed by atoms with Crippen LogP contribution in [-0.4, -0.2) is 45.0 Å². The van der Waals surface area contributed by atoms with Gasteiger partial charge in [-0.25, -0.2) is 0 Å². The van der Waals surface area contributed by atoms with E-state index < -0.39 is 21.4 Å². The number of hydrogen-bond acceptors (Lipinski definition) is 1. The van der Waals surface area contributed by atoms with E-state index in [0.717, 1.165) is 0 Å². The van der Waals surface area contributed by atoms with Crippen molar-refractivity contribution in [3.8, 4) is 0 Å². The Morgan fingerprint density at radius 3 is 1.77 bits per heavy atom. The van der Waals surface area contributed by atoms with Crippen molar-refractivity contribution in [3.63, 3.8) is 0 Å². The number of nitrogens with zero attached hydrogens (tertiary/aromatic N) is 1. The first-order valence-electron chi connectivity index (χ1n) is 5.70. The number of hydrogen-bond donors (Lipinski definition) is 0. The van der Waals surface area contributed by atoms with Crippen LogP contribution < -0.4 is 0 Å². The Labute approximate surface area is 92.4 Å². The molecule has 0 aliphatic carbocycles. The second-order valence-electron chi connectivity index (χ2n) is 4.96. The van der Waals surface area contributed by atoms with Crippen LogP contribution in [0.3, 0.4) is 0 Å². The topological polar surface area (TPSA) is 3.24 Å². The fourth-order valence-electron chi connectivity index (χ4n) is 1.79. The minimum atomic E-state index is -0.916. The van der Waals surface area contributed by atoms with Crippen LogP contribution in [0.15, 0.2) is 0 Å². The third-order valence-corrected chi connectivity index (χ3v) is 6.99. The molecule has 0 saturated heterocycles. The maximum absolute atomic E-state index is 2.61. The summed E-state index contributed by atoms with van der Waals surface area (Å²) in [7, 11) is 0. The van der Waals surface area contributed by atoms with Crippen molar-refractivity contribution in [1.82, 2.24) is 4.90 Å². The summed E-state index contributed by atoms with van der Waals surface area (Å²) in [6.07, 6.45) is 1.43. The zero-order valence-corrected chi connectivity index (χ0v) is 13.6. The Bertz CT molecular complexity index is 113. The molecule has 0 aromatic heterocycles. The molecule has 2 heteroatoms. The first kappa shape index (κ1) is 13.8. The molecule has 0 heterocycles. The van der Waals surface area contributed by atoms with Crippen molar-refractivity contribution in [1.29, 1.82) is 0 Å². The molecule has 0 aromatic carbocycles. The summed E-state index contributed by atoms with van der Waals surface area (Å²) in [6.45, 7) is 10.5. The summed E-state index contributed by atoms with van der Waals surface area (Å²) >= 11 is -0.916. The first-order valence-corrected chi connectivity index (χ1v) is 14.6. The summed E-state index contributed by atoms with van der Waals surface area (Å²) < 4.78 is 6.59. The van der Waals surface area contributed by atoms with E-state index >= 15 is 0 Å². The van der Waals surface area contributed by atoms with Crippen LogP contribution in [0, 0.1) is 0 Å². The van der Waals surface area contributed by atoms with E-state index in [1.807, 2.05) is 0 Å². The van der Waals surface area contributed by atoms with E-state index in [4.69, 9.17) is 0 Å². The molecule has 0 fully saturated rings. The predicted octanol–water partition coefficient (Wildman–Crippen LogP) is 3.25. The molecule has 0 radical (unpaired) electrons. The Morgan fingerprint density at radius 2 is 1.46 bits per heavy atom. The van der Waals surface area contributed by atoms with Crippen LogP contribution in [0.25, 0.3) is 0 Å². The second-order valence-corrected chi connectivity index (χ2v) is 14.6. The quantitative estimate of drug-likeness (QED) is 0.725. The zero-order chi connectivity index (χ0) is 10.4. The van der Waals surface area contributed by atoms with E-state index in [-0.39, 0.29) is 0 Å². The zero-order valence-electron chi connectivity index (χ0n) is 10.3. The maximum atomic E-state index is 2.61. The third kappa shape index (κ3) is 6.84. The first-order chi connectivity index (χ1) is 5.95. The summed E-state index contributed by atoms with van der Waals surface area (Å²) in [5.41, 5.74) is 0. The molecule has 0 atom stereocenters. The summed E-state index contributed by atoms with van der Waals surface area (Å²) in [5, 5.41) is 0. The van der Waals surface area contributed by atoms with Crippen molar-refractivity contribution in [3.05, 3.63) is 0 Å². The molecule has 0 N–H and O–H groups in total. The molecule has 0 amide bonds. The molecule has 0 bridgehead atoms. The van der Waals surface area contributed by atoms with Crippen LogP contribution >= 0.6 is 0 Å². The Morgan fingerprint density at radius 1 is 1.00 bits per heavy atom. The van der Waals surface area contributed by atoms with Crippen LogP contribution in [-0.2, 0) is 0 Å². The molecule has 0 aliphatic heterocycles. The number of rotatable bonds is 6. The predicted molar refractivity (Wildman–Crippen MR) is 63.9 cm³/mol. The van der Waals surface area contributed by atoms with Gasteiger partial charge in [-0.15, -0.1) is 0 Å². The molecule has 78 valence electrons. The van der Waals surface area contributed by atoms with Crippen LogP contribution in [0.5, 0.6) is 0 Å². The standard InChI is InChI=1S/C9H20N.2CH3.In/c1-6-7-10(8(2)3)9(4)5;;;/h8-9H,1,6-7H2,2-5H3;2*1H3;. The molecule has 0 unspecified atom stereocenters. The van der Waals surface area contributed by atoms with Crippen molar-refractivity contribution in [2.75, 3.05) is 6.54 Å². The Hall–Kier alpha value is 0.830. The molecular weight excluding hydrogens is 261 g/mol. The van der Waals surface area contributed by atoms with Gasteiger partial charge >= 0.3 is 92.6 Å². The van der Waals surface area contributed by atoms with E-state index in [2.05, 4.69) is 42.0 Å². The van der Waals surface area contributed by atoms with E-state index in [0.29, 0.717) is 12.1 Å². The summed E-state index contributed by atoms with van der Waals surface area (Å²) in [6, 6.07) is 1.42. The van der Waals surface area contributed by atoms with E-state index in [1.165, 1.54) is 13.0 Å². The average molecular weight is 287 g/mol. The molecule has 0 aliphatic rings. The minimum absolute atomic E-state index is 0.711. The second kappa shape index (κ2) is 7.17. The van der Waals surface area contributed by atoms with Gasteiger partial charge in [0.15, 0.2) is 0 Å². The Kier molecular flexibility index (Phi) is 7.62. The molecule has 0 aromatic rings. The molecule has 1 nitrogen and oxygen atoms in total.